The first-order valence-corrected chi connectivity index (χ1v) is 4.35. The number of aliphatic hydroxyl groups excluding tert-OH is 1. The van der Waals surface area contributed by atoms with E-state index in [-0.39, 0.29) is 5.92 Å². The van der Waals surface area contributed by atoms with Crippen molar-refractivity contribution in [2.75, 3.05) is 6.54 Å². The summed E-state index contributed by atoms with van der Waals surface area (Å²) in [5.41, 5.74) is 5.44. The fraction of sp³-hybridized carbons (Fsp3) is 0.875. The van der Waals surface area contributed by atoms with E-state index in [1.807, 2.05) is 0 Å². The zero-order valence-electron chi connectivity index (χ0n) is 8.21. The van der Waals surface area contributed by atoms with E-state index in [4.69, 9.17) is 10.8 Å². The largest absolute Gasteiger partial charge is 0.385 e. The topological polar surface area (TPSA) is 75.4 Å². The minimum atomic E-state index is -2.86. The van der Waals surface area contributed by atoms with Crippen LogP contribution in [-0.4, -0.2) is 36.1 Å². The summed E-state index contributed by atoms with van der Waals surface area (Å²) in [6, 6.07) is -0.736. The highest BCUT2D eigenvalue weighted by Gasteiger charge is 2.21. The zero-order valence-corrected chi connectivity index (χ0v) is 8.21. The summed E-state index contributed by atoms with van der Waals surface area (Å²) in [5, 5.41) is 10.8. The van der Waals surface area contributed by atoms with Crippen molar-refractivity contribution >= 4 is 5.91 Å². The standard InChI is InChI=1S/C8H16F2N2O2/c1-4(2)6(11)8(14)12-3-5(13)7(9)10/h4-7,13H,3,11H2,1-2H3,(H,12,14)/t5?,6-/m1/s1. The molecule has 0 saturated heterocycles. The van der Waals surface area contributed by atoms with Crippen LogP contribution in [0.3, 0.4) is 0 Å². The highest BCUT2D eigenvalue weighted by molar-refractivity contribution is 5.81. The van der Waals surface area contributed by atoms with Crippen LogP contribution in [0, 0.1) is 5.92 Å². The molecule has 1 amide bonds. The van der Waals surface area contributed by atoms with Crippen LogP contribution in [-0.2, 0) is 4.79 Å². The number of nitrogens with two attached hydrogens (primary N) is 1. The fourth-order valence-electron chi connectivity index (χ4n) is 0.715. The third-order valence-corrected chi connectivity index (χ3v) is 1.80. The predicted molar refractivity (Wildman–Crippen MR) is 47.8 cm³/mol. The number of amides is 1. The highest BCUT2D eigenvalue weighted by Crippen LogP contribution is 2.00. The number of hydrogen-bond donors (Lipinski definition) is 3. The zero-order chi connectivity index (χ0) is 11.3. The lowest BCUT2D eigenvalue weighted by Gasteiger charge is -2.16. The van der Waals surface area contributed by atoms with E-state index in [0.29, 0.717) is 0 Å². The molecule has 0 aliphatic heterocycles. The van der Waals surface area contributed by atoms with Gasteiger partial charge in [0.15, 0.2) is 0 Å². The van der Waals surface area contributed by atoms with Gasteiger partial charge in [0.05, 0.1) is 6.04 Å². The van der Waals surface area contributed by atoms with E-state index in [2.05, 4.69) is 5.32 Å². The van der Waals surface area contributed by atoms with E-state index >= 15 is 0 Å². The molecule has 0 bridgehead atoms. The Morgan fingerprint density at radius 1 is 1.50 bits per heavy atom. The predicted octanol–water partition coefficient (Wildman–Crippen LogP) is -0.288. The van der Waals surface area contributed by atoms with E-state index in [1.165, 1.54) is 0 Å². The van der Waals surface area contributed by atoms with Crippen molar-refractivity contribution in [3.05, 3.63) is 0 Å². The highest BCUT2D eigenvalue weighted by atomic mass is 19.3. The molecule has 0 aromatic carbocycles. The Bertz CT molecular complexity index is 188. The number of aliphatic hydroxyl groups is 1. The molecule has 0 radical (unpaired) electrons. The Morgan fingerprint density at radius 3 is 2.36 bits per heavy atom. The van der Waals surface area contributed by atoms with Gasteiger partial charge in [-0.15, -0.1) is 0 Å². The summed E-state index contributed by atoms with van der Waals surface area (Å²) < 4.78 is 23.6. The lowest BCUT2D eigenvalue weighted by atomic mass is 10.1. The molecule has 14 heavy (non-hydrogen) atoms. The van der Waals surface area contributed by atoms with Crippen molar-refractivity contribution in [1.82, 2.24) is 5.32 Å². The molecule has 2 atom stereocenters. The quantitative estimate of drug-likeness (QED) is 0.583. The Morgan fingerprint density at radius 2 is 2.00 bits per heavy atom. The Kier molecular flexibility index (Phi) is 5.56. The number of nitrogens with one attached hydrogen (secondary N) is 1. The summed E-state index contributed by atoms with van der Waals surface area (Å²) in [6.07, 6.45) is -4.69. The molecule has 0 aromatic rings. The van der Waals surface area contributed by atoms with Gasteiger partial charge in [-0.25, -0.2) is 8.78 Å². The van der Waals surface area contributed by atoms with Gasteiger partial charge in [-0.05, 0) is 5.92 Å². The number of halogens is 2. The average molecular weight is 210 g/mol. The minimum Gasteiger partial charge on any atom is -0.385 e. The van der Waals surface area contributed by atoms with Crippen LogP contribution in [0.25, 0.3) is 0 Å². The first-order chi connectivity index (χ1) is 6.36. The molecule has 0 fully saturated rings. The maximum absolute atomic E-state index is 11.8. The van der Waals surface area contributed by atoms with Gasteiger partial charge in [0.25, 0.3) is 6.43 Å². The molecule has 0 saturated carbocycles. The second-order valence-electron chi connectivity index (χ2n) is 3.42. The number of alkyl halides is 2. The van der Waals surface area contributed by atoms with Crippen molar-refractivity contribution in [2.24, 2.45) is 11.7 Å². The third kappa shape index (κ3) is 4.48. The Hall–Kier alpha value is -0.750. The monoisotopic (exact) mass is 210 g/mol. The molecule has 0 aliphatic rings. The number of rotatable bonds is 5. The molecule has 4 nitrogen and oxygen atoms in total. The molecule has 1 unspecified atom stereocenters. The van der Waals surface area contributed by atoms with Crippen molar-refractivity contribution in [3.8, 4) is 0 Å². The van der Waals surface area contributed by atoms with E-state index in [1.54, 1.807) is 13.8 Å². The second kappa shape index (κ2) is 5.87. The maximum atomic E-state index is 11.8. The number of carbonyl (C=O) groups excluding carboxylic acids is 1. The van der Waals surface area contributed by atoms with Crippen LogP contribution in [0.1, 0.15) is 13.8 Å². The van der Waals surface area contributed by atoms with Gasteiger partial charge in [-0.2, -0.15) is 0 Å². The lowest BCUT2D eigenvalue weighted by Crippen LogP contribution is -2.47. The van der Waals surface area contributed by atoms with Crippen LogP contribution in [0.5, 0.6) is 0 Å². The van der Waals surface area contributed by atoms with Gasteiger partial charge in [0, 0.05) is 6.54 Å². The molecule has 0 spiro atoms. The van der Waals surface area contributed by atoms with Crippen LogP contribution >= 0.6 is 0 Å². The van der Waals surface area contributed by atoms with Crippen LogP contribution < -0.4 is 11.1 Å². The minimum absolute atomic E-state index is 0.0707. The Balaban J connectivity index is 3.85. The van der Waals surface area contributed by atoms with Gasteiger partial charge in [-0.1, -0.05) is 13.8 Å². The summed E-state index contributed by atoms with van der Waals surface area (Å²) in [5.74, 6) is -0.599. The van der Waals surface area contributed by atoms with Gasteiger partial charge >= 0.3 is 0 Å². The summed E-state index contributed by atoms with van der Waals surface area (Å²) >= 11 is 0. The first kappa shape index (κ1) is 13.2. The van der Waals surface area contributed by atoms with Gasteiger partial charge < -0.3 is 16.2 Å². The van der Waals surface area contributed by atoms with Crippen molar-refractivity contribution in [1.29, 1.82) is 0 Å². The third-order valence-electron chi connectivity index (χ3n) is 1.80. The first-order valence-electron chi connectivity index (χ1n) is 4.35. The van der Waals surface area contributed by atoms with E-state index < -0.39 is 31.0 Å². The molecule has 6 heteroatoms. The number of hydrogen-bond acceptors (Lipinski definition) is 3. The fourth-order valence-corrected chi connectivity index (χ4v) is 0.715. The molecule has 84 valence electrons. The molecule has 0 rings (SSSR count). The maximum Gasteiger partial charge on any atom is 0.265 e. The van der Waals surface area contributed by atoms with Crippen LogP contribution in [0.2, 0.25) is 0 Å². The summed E-state index contributed by atoms with van der Waals surface area (Å²) in [4.78, 5) is 11.1. The van der Waals surface area contributed by atoms with Crippen molar-refractivity contribution in [2.45, 2.75) is 32.4 Å². The summed E-state index contributed by atoms with van der Waals surface area (Å²) in [6.45, 7) is 3.01. The van der Waals surface area contributed by atoms with Gasteiger partial charge in [0.1, 0.15) is 6.10 Å². The average Bonchev–Trinajstić information content (AvgIpc) is 2.11. The molecule has 4 N–H and O–H groups in total. The van der Waals surface area contributed by atoms with Crippen molar-refractivity contribution < 1.29 is 18.7 Å². The van der Waals surface area contributed by atoms with Gasteiger partial charge in [-0.3, -0.25) is 4.79 Å². The second-order valence-corrected chi connectivity index (χ2v) is 3.42. The molecular weight excluding hydrogens is 194 g/mol. The summed E-state index contributed by atoms with van der Waals surface area (Å²) in [7, 11) is 0. The molecule has 0 heterocycles. The van der Waals surface area contributed by atoms with E-state index in [9.17, 15) is 13.6 Å². The SMILES string of the molecule is CC(C)[C@@H](N)C(=O)NCC(O)C(F)F. The van der Waals surface area contributed by atoms with Gasteiger partial charge in [0.2, 0.25) is 5.91 Å². The normalized spacial score (nSPS) is 15.7. The Labute approximate surface area is 81.5 Å². The molecule has 0 aromatic heterocycles. The smallest absolute Gasteiger partial charge is 0.265 e. The van der Waals surface area contributed by atoms with Crippen LogP contribution in [0.15, 0.2) is 0 Å². The van der Waals surface area contributed by atoms with Crippen LogP contribution in [0.4, 0.5) is 8.78 Å². The molecule has 0 aliphatic carbocycles. The number of carbonyl (C=O) groups is 1. The lowest BCUT2D eigenvalue weighted by molar-refractivity contribution is -0.124. The molecular formula is C8H16F2N2O2. The van der Waals surface area contributed by atoms with Crippen molar-refractivity contribution in [3.63, 3.8) is 0 Å². The van der Waals surface area contributed by atoms with E-state index in [0.717, 1.165) is 0 Å².